The zero-order valence-electron chi connectivity index (χ0n) is 7.36. The first-order valence-electron chi connectivity index (χ1n) is 1.89. The molecule has 0 aliphatic heterocycles. The maximum absolute atomic E-state index is 8.44. The van der Waals surface area contributed by atoms with Crippen molar-refractivity contribution in [2.45, 2.75) is 0 Å². The minimum absolute atomic E-state index is 2.00. The molecule has 15 heavy (non-hydrogen) atoms. The molecule has 0 aliphatic carbocycles. The first-order valence-corrected chi connectivity index (χ1v) is 2.38. The SMILES string of the molecule is C#N.C#N.C#N.C#N.C#N.C#N.O=[N][Fe]. The Hall–Kier alpha value is -2.94. The van der Waals surface area contributed by atoms with Gasteiger partial charge in [0.25, 0.3) is 0 Å². The van der Waals surface area contributed by atoms with Gasteiger partial charge in [-0.05, 0) is 0 Å². The van der Waals surface area contributed by atoms with Crippen LogP contribution in [0.25, 0.3) is 0 Å². The molecule has 0 atom stereocenters. The molecule has 0 radical (unpaired) electrons. The first kappa shape index (κ1) is 57.6. The molecule has 0 heterocycles. The van der Waals surface area contributed by atoms with Crippen molar-refractivity contribution in [1.82, 2.24) is 0 Å². The Morgan fingerprint density at radius 2 is 0.600 bits per heavy atom. The predicted octanol–water partition coefficient (Wildman–Crippen LogP) is 1.05. The van der Waals surface area contributed by atoms with Crippen molar-refractivity contribution in [2.75, 3.05) is 0 Å². The van der Waals surface area contributed by atoms with Crippen LogP contribution in [0.3, 0.4) is 0 Å². The molecule has 0 fully saturated rings. The van der Waals surface area contributed by atoms with E-state index in [0.717, 1.165) is 0 Å². The Morgan fingerprint density at radius 3 is 0.600 bits per heavy atom. The van der Waals surface area contributed by atoms with Gasteiger partial charge >= 0.3 is 25.3 Å². The quantitative estimate of drug-likeness (QED) is 0.454. The third-order valence-corrected chi connectivity index (χ3v) is 0. The molecule has 0 saturated heterocycles. The number of rotatable bonds is 0. The molecule has 0 spiro atoms. The van der Waals surface area contributed by atoms with Crippen LogP contribution >= 0.6 is 0 Å². The van der Waals surface area contributed by atoms with Gasteiger partial charge in [0, 0.05) is 39.4 Å². The van der Waals surface area contributed by atoms with E-state index < -0.39 is 0 Å². The second kappa shape index (κ2) is 297. The summed E-state index contributed by atoms with van der Waals surface area (Å²) >= 11 is 2.56. The first-order chi connectivity index (χ1) is 7.41. The van der Waals surface area contributed by atoms with Crippen LogP contribution in [0.5, 0.6) is 0 Å². The van der Waals surface area contributed by atoms with Crippen molar-refractivity contribution in [2.24, 2.45) is 4.19 Å². The maximum atomic E-state index is 8.44. The van der Waals surface area contributed by atoms with Gasteiger partial charge in [0.05, 0.1) is 0 Å². The van der Waals surface area contributed by atoms with Crippen molar-refractivity contribution in [1.29, 1.82) is 31.6 Å². The minimum atomic E-state index is 2.00. The van der Waals surface area contributed by atoms with Crippen LogP contribution in [0, 0.1) is 75.9 Å². The third-order valence-electron chi connectivity index (χ3n) is 0. The topological polar surface area (TPSA) is 172 Å². The van der Waals surface area contributed by atoms with Gasteiger partial charge in [-0.25, -0.2) is 31.6 Å². The van der Waals surface area contributed by atoms with Crippen LogP contribution in [0.15, 0.2) is 4.19 Å². The molecule has 0 aromatic heterocycles. The second-order valence-electron chi connectivity index (χ2n) is 0.0645. The molecule has 8 nitrogen and oxygen atoms in total. The van der Waals surface area contributed by atoms with Crippen LogP contribution in [-0.2, 0) is 16.2 Å². The summed E-state index contributed by atoms with van der Waals surface area (Å²) in [5.41, 5.74) is 0. The molecule has 0 aliphatic rings. The Kier molecular flexibility index (Phi) is 1140. The van der Waals surface area contributed by atoms with Crippen molar-refractivity contribution in [3.8, 4) is 39.4 Å². The average molecular weight is 248 g/mol. The van der Waals surface area contributed by atoms with Gasteiger partial charge in [-0.1, -0.05) is 0 Å². The fourth-order valence-electron chi connectivity index (χ4n) is 0. The van der Waals surface area contributed by atoms with Crippen LogP contribution in [0.2, 0.25) is 0 Å². The number of hydrogen-bond donors (Lipinski definition) is 0. The number of nitriles is 6. The average Bonchev–Trinajstić information content (AvgIpc) is 2.44. The van der Waals surface area contributed by atoms with Gasteiger partial charge in [0.2, 0.25) is 0 Å². The van der Waals surface area contributed by atoms with Crippen molar-refractivity contribution in [3.63, 3.8) is 0 Å². The van der Waals surface area contributed by atoms with Gasteiger partial charge < -0.3 is 0 Å². The molecule has 79 valence electrons. The second-order valence-corrected chi connectivity index (χ2v) is 0.266. The third kappa shape index (κ3) is 105. The number of nitrogens with zero attached hydrogens (tertiary/aromatic N) is 7. The van der Waals surface area contributed by atoms with E-state index in [1.165, 1.54) is 0 Å². The molecule has 0 amide bonds. The van der Waals surface area contributed by atoms with Gasteiger partial charge in [-0.15, -0.1) is 0 Å². The Bertz CT molecular complexity index is 131. The summed E-state index contributed by atoms with van der Waals surface area (Å²) < 4.78 is 2.00. The summed E-state index contributed by atoms with van der Waals surface area (Å²) in [4.78, 5) is 8.44. The van der Waals surface area contributed by atoms with Crippen molar-refractivity contribution < 1.29 is 16.2 Å². The summed E-state index contributed by atoms with van der Waals surface area (Å²) in [6.45, 7) is 21.0. The zero-order chi connectivity index (χ0) is 14.7. The van der Waals surface area contributed by atoms with E-state index in [9.17, 15) is 0 Å². The molecule has 0 aromatic carbocycles. The molecule has 0 bridgehead atoms. The van der Waals surface area contributed by atoms with Gasteiger partial charge in [-0.3, -0.25) is 0 Å². The number of hydrogen-bond acceptors (Lipinski definition) is 8. The van der Waals surface area contributed by atoms with Crippen LogP contribution < -0.4 is 0 Å². The van der Waals surface area contributed by atoms with Crippen molar-refractivity contribution in [3.05, 3.63) is 4.91 Å². The fourth-order valence-corrected chi connectivity index (χ4v) is 0. The predicted molar refractivity (Wildman–Crippen MR) is 45.8 cm³/mol. The van der Waals surface area contributed by atoms with Gasteiger partial charge in [-0.2, -0.15) is 0 Å². The van der Waals surface area contributed by atoms with E-state index in [1.807, 2.05) is 4.19 Å². The Balaban J connectivity index is -0.0000000101. The summed E-state index contributed by atoms with van der Waals surface area (Å²) in [6.07, 6.45) is 0. The van der Waals surface area contributed by atoms with Crippen molar-refractivity contribution >= 4 is 0 Å². The standard InChI is InChI=1S/6CHN.Fe.NO/c6*1-2;;1-2/h6*1H;;/q;;;;;;+1;-1. The van der Waals surface area contributed by atoms with E-state index in [0.29, 0.717) is 0 Å². The fraction of sp³-hybridized carbons (Fsp3) is 0. The van der Waals surface area contributed by atoms with Crippen LogP contribution in [-0.4, -0.2) is 0 Å². The molecular formula is C6H6FeN7O. The molecule has 0 rings (SSSR count). The Labute approximate surface area is 96.8 Å². The van der Waals surface area contributed by atoms with Gasteiger partial charge in [0.1, 0.15) is 0 Å². The van der Waals surface area contributed by atoms with E-state index in [2.05, 4.69) is 55.7 Å². The summed E-state index contributed by atoms with van der Waals surface area (Å²) in [5, 5.41) is 39.0. The molecular weight excluding hydrogens is 242 g/mol. The summed E-state index contributed by atoms with van der Waals surface area (Å²) in [6, 6.07) is 0. The number of nitroso groups, excluding NO2 is 1. The zero-order valence-corrected chi connectivity index (χ0v) is 8.46. The van der Waals surface area contributed by atoms with E-state index in [-0.39, 0.29) is 0 Å². The Morgan fingerprint density at radius 1 is 0.600 bits per heavy atom. The molecule has 0 unspecified atom stereocenters. The normalized spacial score (nSPS) is 1.67. The molecule has 0 N–H and O–H groups in total. The monoisotopic (exact) mass is 248 g/mol. The van der Waals surface area contributed by atoms with E-state index in [1.54, 1.807) is 0 Å². The molecule has 0 aromatic rings. The van der Waals surface area contributed by atoms with Gasteiger partial charge in [0.15, 0.2) is 0 Å². The molecule has 0 saturated carbocycles. The van der Waals surface area contributed by atoms with E-state index in [4.69, 9.17) is 36.5 Å². The summed E-state index contributed by atoms with van der Waals surface area (Å²) in [5.74, 6) is 0. The van der Waals surface area contributed by atoms with Crippen LogP contribution in [0.1, 0.15) is 0 Å². The van der Waals surface area contributed by atoms with Crippen LogP contribution in [0.4, 0.5) is 0 Å². The summed E-state index contributed by atoms with van der Waals surface area (Å²) in [7, 11) is 0. The van der Waals surface area contributed by atoms with E-state index >= 15 is 0 Å². The molecule has 9 heteroatoms.